The van der Waals surface area contributed by atoms with E-state index in [1.54, 1.807) is 12.1 Å². The molecule has 0 radical (unpaired) electrons. The lowest BCUT2D eigenvalue weighted by Crippen LogP contribution is -2.52. The molecule has 0 aliphatic carbocycles. The smallest absolute Gasteiger partial charge is 0.407 e. The Hall–Kier alpha value is -1.75. The number of alkyl carbamates (subject to hydrolysis) is 1. The van der Waals surface area contributed by atoms with Gasteiger partial charge < -0.3 is 15.4 Å². The second-order valence-electron chi connectivity index (χ2n) is 6.42. The van der Waals surface area contributed by atoms with Crippen LogP contribution in [0.4, 0.5) is 4.79 Å². The minimum atomic E-state index is -0.558. The van der Waals surface area contributed by atoms with Gasteiger partial charge in [0, 0.05) is 23.9 Å². The Morgan fingerprint density at radius 2 is 1.95 bits per heavy atom. The van der Waals surface area contributed by atoms with E-state index in [0.29, 0.717) is 18.0 Å². The summed E-state index contributed by atoms with van der Waals surface area (Å²) >= 11 is 5.90. The van der Waals surface area contributed by atoms with Crippen LogP contribution in [0.2, 0.25) is 5.02 Å². The lowest BCUT2D eigenvalue weighted by Gasteiger charge is -2.33. The lowest BCUT2D eigenvalue weighted by atomic mass is 9.86. The van der Waals surface area contributed by atoms with Crippen LogP contribution in [0, 0.1) is 0 Å². The number of ether oxygens (including phenoxy) is 1. The van der Waals surface area contributed by atoms with E-state index in [4.69, 9.17) is 16.3 Å². The first-order valence-corrected chi connectivity index (χ1v) is 7.64. The molecule has 22 heavy (non-hydrogen) atoms. The SMILES string of the molecule is CC(C)(C)OC(=O)NC1CNC(=O)CC1c1ccc(Cl)cc1. The van der Waals surface area contributed by atoms with Crippen molar-refractivity contribution in [1.29, 1.82) is 0 Å². The van der Waals surface area contributed by atoms with E-state index in [0.717, 1.165) is 5.56 Å². The summed E-state index contributed by atoms with van der Waals surface area (Å²) in [6.45, 7) is 5.81. The van der Waals surface area contributed by atoms with E-state index < -0.39 is 11.7 Å². The fourth-order valence-electron chi connectivity index (χ4n) is 2.45. The summed E-state index contributed by atoms with van der Waals surface area (Å²) in [5.74, 6) is -0.124. The first-order valence-electron chi connectivity index (χ1n) is 7.26. The molecule has 0 spiro atoms. The molecule has 120 valence electrons. The Kier molecular flexibility index (Phi) is 4.96. The Morgan fingerprint density at radius 1 is 1.32 bits per heavy atom. The van der Waals surface area contributed by atoms with Gasteiger partial charge in [-0.15, -0.1) is 0 Å². The third kappa shape index (κ3) is 4.63. The van der Waals surface area contributed by atoms with Gasteiger partial charge in [-0.3, -0.25) is 4.79 Å². The number of nitrogens with one attached hydrogen (secondary N) is 2. The fourth-order valence-corrected chi connectivity index (χ4v) is 2.58. The zero-order chi connectivity index (χ0) is 16.3. The van der Waals surface area contributed by atoms with Gasteiger partial charge in [0.15, 0.2) is 0 Å². The van der Waals surface area contributed by atoms with E-state index >= 15 is 0 Å². The molecule has 1 aliphatic rings. The van der Waals surface area contributed by atoms with Crippen molar-refractivity contribution < 1.29 is 14.3 Å². The van der Waals surface area contributed by atoms with Crippen molar-refractivity contribution in [3.63, 3.8) is 0 Å². The summed E-state index contributed by atoms with van der Waals surface area (Å²) in [6, 6.07) is 7.13. The quantitative estimate of drug-likeness (QED) is 0.879. The van der Waals surface area contributed by atoms with Crippen molar-refractivity contribution in [2.45, 2.75) is 44.8 Å². The van der Waals surface area contributed by atoms with Gasteiger partial charge in [-0.2, -0.15) is 0 Å². The zero-order valence-corrected chi connectivity index (χ0v) is 13.7. The first kappa shape index (κ1) is 16.6. The molecule has 0 aromatic heterocycles. The van der Waals surface area contributed by atoms with Crippen LogP contribution >= 0.6 is 11.6 Å². The predicted molar refractivity (Wildman–Crippen MR) is 85.0 cm³/mol. The van der Waals surface area contributed by atoms with Gasteiger partial charge in [0.05, 0.1) is 6.04 Å². The number of piperidine rings is 1. The molecule has 1 aromatic carbocycles. The Labute approximate surface area is 135 Å². The van der Waals surface area contributed by atoms with Gasteiger partial charge in [0.2, 0.25) is 5.91 Å². The van der Waals surface area contributed by atoms with Crippen LogP contribution in [0.1, 0.15) is 38.7 Å². The molecule has 1 heterocycles. The van der Waals surface area contributed by atoms with Gasteiger partial charge in [0.1, 0.15) is 5.60 Å². The molecule has 2 amide bonds. The topological polar surface area (TPSA) is 67.4 Å². The molecule has 2 N–H and O–H groups in total. The summed E-state index contributed by atoms with van der Waals surface area (Å²) in [4.78, 5) is 23.7. The number of amides is 2. The highest BCUT2D eigenvalue weighted by Gasteiger charge is 2.32. The number of carbonyl (C=O) groups excluding carboxylic acids is 2. The number of carbonyl (C=O) groups is 2. The van der Waals surface area contributed by atoms with Gasteiger partial charge in [0.25, 0.3) is 0 Å². The van der Waals surface area contributed by atoms with Gasteiger partial charge in [-0.1, -0.05) is 23.7 Å². The fraction of sp³-hybridized carbons (Fsp3) is 0.500. The normalized spacial score (nSPS) is 21.9. The second-order valence-corrected chi connectivity index (χ2v) is 6.86. The van der Waals surface area contributed by atoms with E-state index in [2.05, 4.69) is 10.6 Å². The highest BCUT2D eigenvalue weighted by atomic mass is 35.5. The minimum Gasteiger partial charge on any atom is -0.444 e. The van der Waals surface area contributed by atoms with E-state index in [1.807, 2.05) is 32.9 Å². The molecule has 2 unspecified atom stereocenters. The molecule has 0 bridgehead atoms. The third-order valence-corrected chi connectivity index (χ3v) is 3.66. The van der Waals surface area contributed by atoms with E-state index in [-0.39, 0.29) is 17.9 Å². The van der Waals surface area contributed by atoms with Gasteiger partial charge in [-0.05, 0) is 38.5 Å². The van der Waals surface area contributed by atoms with Gasteiger partial charge >= 0.3 is 6.09 Å². The van der Waals surface area contributed by atoms with Crippen LogP contribution in [0.25, 0.3) is 0 Å². The summed E-state index contributed by atoms with van der Waals surface area (Å²) in [7, 11) is 0. The zero-order valence-electron chi connectivity index (χ0n) is 13.0. The Bertz CT molecular complexity index is 552. The van der Waals surface area contributed by atoms with Crippen molar-refractivity contribution in [1.82, 2.24) is 10.6 Å². The third-order valence-electron chi connectivity index (χ3n) is 3.41. The van der Waals surface area contributed by atoms with Crippen LogP contribution < -0.4 is 10.6 Å². The van der Waals surface area contributed by atoms with Crippen molar-refractivity contribution in [3.8, 4) is 0 Å². The molecule has 0 saturated carbocycles. The summed E-state index contributed by atoms with van der Waals surface area (Å²) in [5.41, 5.74) is 0.415. The summed E-state index contributed by atoms with van der Waals surface area (Å²) in [5, 5.41) is 6.27. The number of rotatable bonds is 2. The molecule has 6 heteroatoms. The maximum atomic E-state index is 12.0. The van der Waals surface area contributed by atoms with Crippen molar-refractivity contribution in [2.24, 2.45) is 0 Å². The lowest BCUT2D eigenvalue weighted by molar-refractivity contribution is -0.123. The highest BCUT2D eigenvalue weighted by molar-refractivity contribution is 6.30. The largest absolute Gasteiger partial charge is 0.444 e. The van der Waals surface area contributed by atoms with Crippen LogP contribution in [0.5, 0.6) is 0 Å². The number of benzene rings is 1. The number of hydrogen-bond donors (Lipinski definition) is 2. The summed E-state index contributed by atoms with van der Waals surface area (Å²) in [6.07, 6.45) is -0.158. The second kappa shape index (κ2) is 6.57. The Balaban J connectivity index is 2.11. The monoisotopic (exact) mass is 324 g/mol. The minimum absolute atomic E-state index is 0.0258. The average Bonchev–Trinajstić information content (AvgIpc) is 2.40. The molecule has 2 rings (SSSR count). The van der Waals surface area contributed by atoms with Crippen molar-refractivity contribution in [3.05, 3.63) is 34.9 Å². The van der Waals surface area contributed by atoms with Gasteiger partial charge in [-0.25, -0.2) is 4.79 Å². The molecular formula is C16H21ClN2O3. The van der Waals surface area contributed by atoms with E-state index in [1.165, 1.54) is 0 Å². The molecule has 1 fully saturated rings. The predicted octanol–water partition coefficient (Wildman–Crippen LogP) is 2.84. The standard InChI is InChI=1S/C16H21ClN2O3/c1-16(2,3)22-15(21)19-13-9-18-14(20)8-12(13)10-4-6-11(17)7-5-10/h4-7,12-13H,8-9H2,1-3H3,(H,18,20)(H,19,21). The number of halogens is 1. The first-order chi connectivity index (χ1) is 10.2. The molecule has 1 saturated heterocycles. The maximum Gasteiger partial charge on any atom is 0.407 e. The molecule has 5 nitrogen and oxygen atoms in total. The molecule has 1 aromatic rings. The molecular weight excluding hydrogens is 304 g/mol. The average molecular weight is 325 g/mol. The van der Waals surface area contributed by atoms with Crippen LogP contribution in [0.15, 0.2) is 24.3 Å². The molecule has 1 aliphatic heterocycles. The highest BCUT2D eigenvalue weighted by Crippen LogP contribution is 2.27. The summed E-state index contributed by atoms with van der Waals surface area (Å²) < 4.78 is 5.29. The van der Waals surface area contributed by atoms with Crippen molar-refractivity contribution >= 4 is 23.6 Å². The van der Waals surface area contributed by atoms with Crippen LogP contribution in [0.3, 0.4) is 0 Å². The van der Waals surface area contributed by atoms with Crippen molar-refractivity contribution in [2.75, 3.05) is 6.54 Å². The Morgan fingerprint density at radius 3 is 2.55 bits per heavy atom. The van der Waals surface area contributed by atoms with E-state index in [9.17, 15) is 9.59 Å². The van der Waals surface area contributed by atoms with Crippen LogP contribution in [-0.2, 0) is 9.53 Å². The maximum absolute atomic E-state index is 12.0. The number of hydrogen-bond acceptors (Lipinski definition) is 3. The van der Waals surface area contributed by atoms with Crippen LogP contribution in [-0.4, -0.2) is 30.2 Å². The molecule has 2 atom stereocenters.